The lowest BCUT2D eigenvalue weighted by Crippen LogP contribution is -2.16. The third-order valence-corrected chi connectivity index (χ3v) is 5.83. The number of anilines is 1. The molecule has 2 aromatic rings. The minimum atomic E-state index is -3.86. The minimum Gasteiger partial charge on any atom is -0.491 e. The Hall–Kier alpha value is -1.47. The van der Waals surface area contributed by atoms with Gasteiger partial charge in [-0.3, -0.25) is 4.72 Å². The lowest BCUT2D eigenvalue weighted by Gasteiger charge is -2.13. The number of nitrogens with one attached hydrogen (secondary N) is 1. The molecule has 2 aromatic carbocycles. The zero-order chi connectivity index (χ0) is 17.9. The standard InChI is InChI=1S/C17H17Cl2NO4S/c18-12-6-7-16(19)17(9-12)25(21,22)20-13-3-1-4-14(10-13)24-11-15-5-2-8-23-15/h1,3-4,6-7,9-10,15,20H,2,5,8,11H2. The van der Waals surface area contributed by atoms with Gasteiger partial charge in [-0.2, -0.15) is 0 Å². The van der Waals surface area contributed by atoms with Crippen LogP contribution in [0, 0.1) is 0 Å². The molecule has 1 saturated heterocycles. The van der Waals surface area contributed by atoms with Gasteiger partial charge in [-0.25, -0.2) is 8.42 Å². The Bertz CT molecular complexity index is 851. The first kappa shape index (κ1) is 18.3. The highest BCUT2D eigenvalue weighted by molar-refractivity contribution is 7.92. The molecule has 134 valence electrons. The molecule has 1 fully saturated rings. The summed E-state index contributed by atoms with van der Waals surface area (Å²) in [5.41, 5.74) is 0.376. The van der Waals surface area contributed by atoms with Crippen LogP contribution in [-0.4, -0.2) is 27.7 Å². The second-order valence-electron chi connectivity index (χ2n) is 5.65. The largest absolute Gasteiger partial charge is 0.491 e. The van der Waals surface area contributed by atoms with Crippen molar-refractivity contribution in [3.05, 3.63) is 52.5 Å². The first-order chi connectivity index (χ1) is 11.9. The SMILES string of the molecule is O=S(=O)(Nc1cccc(OCC2CCCO2)c1)c1cc(Cl)ccc1Cl. The molecule has 1 N–H and O–H groups in total. The zero-order valence-electron chi connectivity index (χ0n) is 13.2. The summed E-state index contributed by atoms with van der Waals surface area (Å²) in [6, 6.07) is 11.0. The molecule has 1 atom stereocenters. The number of ether oxygens (including phenoxy) is 2. The van der Waals surface area contributed by atoms with E-state index in [0.29, 0.717) is 23.1 Å². The molecule has 0 radical (unpaired) electrons. The molecule has 0 spiro atoms. The maximum Gasteiger partial charge on any atom is 0.263 e. The summed E-state index contributed by atoms with van der Waals surface area (Å²) in [4.78, 5) is -0.0765. The quantitative estimate of drug-likeness (QED) is 0.780. The van der Waals surface area contributed by atoms with Crippen LogP contribution in [-0.2, 0) is 14.8 Å². The fraction of sp³-hybridized carbons (Fsp3) is 0.294. The number of rotatable bonds is 6. The Morgan fingerprint density at radius 2 is 2.04 bits per heavy atom. The molecule has 1 aliphatic heterocycles. The number of hydrogen-bond donors (Lipinski definition) is 1. The van der Waals surface area contributed by atoms with Crippen LogP contribution >= 0.6 is 23.2 Å². The van der Waals surface area contributed by atoms with E-state index in [1.165, 1.54) is 18.2 Å². The average Bonchev–Trinajstić information content (AvgIpc) is 3.08. The van der Waals surface area contributed by atoms with E-state index in [9.17, 15) is 8.42 Å². The monoisotopic (exact) mass is 401 g/mol. The highest BCUT2D eigenvalue weighted by atomic mass is 35.5. The van der Waals surface area contributed by atoms with Crippen molar-refractivity contribution in [2.75, 3.05) is 17.9 Å². The predicted octanol–water partition coefficient (Wildman–Crippen LogP) is 4.35. The number of sulfonamides is 1. The van der Waals surface area contributed by atoms with Gasteiger partial charge >= 0.3 is 0 Å². The summed E-state index contributed by atoms with van der Waals surface area (Å²) < 4.78 is 38.8. The summed E-state index contributed by atoms with van der Waals surface area (Å²) in [5.74, 6) is 0.563. The lowest BCUT2D eigenvalue weighted by atomic mass is 10.2. The zero-order valence-corrected chi connectivity index (χ0v) is 15.6. The first-order valence-corrected chi connectivity index (χ1v) is 10.0. The summed E-state index contributed by atoms with van der Waals surface area (Å²) >= 11 is 11.9. The first-order valence-electron chi connectivity index (χ1n) is 7.76. The van der Waals surface area contributed by atoms with Crippen LogP contribution in [0.2, 0.25) is 10.0 Å². The number of hydrogen-bond acceptors (Lipinski definition) is 4. The van der Waals surface area contributed by atoms with Gasteiger partial charge in [0.25, 0.3) is 10.0 Å². The van der Waals surface area contributed by atoms with Crippen molar-refractivity contribution < 1.29 is 17.9 Å². The topological polar surface area (TPSA) is 64.6 Å². The summed E-state index contributed by atoms with van der Waals surface area (Å²) in [6.45, 7) is 1.20. The molecular weight excluding hydrogens is 385 g/mol. The van der Waals surface area contributed by atoms with E-state index in [-0.39, 0.29) is 16.0 Å². The third kappa shape index (κ3) is 4.79. The van der Waals surface area contributed by atoms with Crippen molar-refractivity contribution in [3.63, 3.8) is 0 Å². The van der Waals surface area contributed by atoms with Crippen LogP contribution in [0.25, 0.3) is 0 Å². The predicted molar refractivity (Wildman–Crippen MR) is 98.2 cm³/mol. The molecule has 3 rings (SSSR count). The van der Waals surface area contributed by atoms with E-state index < -0.39 is 10.0 Å². The van der Waals surface area contributed by atoms with Crippen LogP contribution in [0.15, 0.2) is 47.4 Å². The minimum absolute atomic E-state index is 0.0765. The maximum absolute atomic E-state index is 12.5. The van der Waals surface area contributed by atoms with Crippen molar-refractivity contribution in [1.29, 1.82) is 0 Å². The molecule has 0 bridgehead atoms. The third-order valence-electron chi connectivity index (χ3n) is 3.73. The van der Waals surface area contributed by atoms with Gasteiger partial charge in [-0.05, 0) is 43.2 Å². The smallest absolute Gasteiger partial charge is 0.263 e. The van der Waals surface area contributed by atoms with Crippen molar-refractivity contribution in [2.24, 2.45) is 0 Å². The Morgan fingerprint density at radius 3 is 2.80 bits per heavy atom. The Balaban J connectivity index is 1.73. The van der Waals surface area contributed by atoms with Crippen LogP contribution < -0.4 is 9.46 Å². The Morgan fingerprint density at radius 1 is 1.20 bits per heavy atom. The van der Waals surface area contributed by atoms with Crippen LogP contribution in [0.4, 0.5) is 5.69 Å². The summed E-state index contributed by atoms with van der Waals surface area (Å²) in [7, 11) is -3.86. The molecule has 5 nitrogen and oxygen atoms in total. The fourth-order valence-corrected chi connectivity index (χ4v) is 4.32. The van der Waals surface area contributed by atoms with Crippen molar-refractivity contribution in [1.82, 2.24) is 0 Å². The van der Waals surface area contributed by atoms with Gasteiger partial charge in [0, 0.05) is 17.7 Å². The van der Waals surface area contributed by atoms with Gasteiger partial charge in [-0.15, -0.1) is 0 Å². The summed E-state index contributed by atoms with van der Waals surface area (Å²) in [6.07, 6.45) is 2.10. The number of halogens is 2. The second kappa shape index (κ2) is 7.83. The molecule has 1 aliphatic rings. The van der Waals surface area contributed by atoms with Gasteiger partial charge in [-0.1, -0.05) is 29.3 Å². The average molecular weight is 402 g/mol. The molecular formula is C17H17Cl2NO4S. The van der Waals surface area contributed by atoms with Gasteiger partial charge in [0.1, 0.15) is 17.3 Å². The van der Waals surface area contributed by atoms with Crippen molar-refractivity contribution in [3.8, 4) is 5.75 Å². The Kier molecular flexibility index (Phi) is 5.74. The highest BCUT2D eigenvalue weighted by Crippen LogP contribution is 2.28. The second-order valence-corrected chi connectivity index (χ2v) is 8.15. The van der Waals surface area contributed by atoms with Crippen LogP contribution in [0.1, 0.15) is 12.8 Å². The summed E-state index contributed by atoms with van der Waals surface area (Å²) in [5, 5.41) is 0.390. The van der Waals surface area contributed by atoms with Crippen molar-refractivity contribution in [2.45, 2.75) is 23.8 Å². The van der Waals surface area contributed by atoms with E-state index in [1.807, 2.05) is 0 Å². The van der Waals surface area contributed by atoms with E-state index in [0.717, 1.165) is 19.4 Å². The molecule has 0 amide bonds. The fourth-order valence-electron chi connectivity index (χ4n) is 2.51. The van der Waals surface area contributed by atoms with Gasteiger partial charge in [0.15, 0.2) is 0 Å². The van der Waals surface area contributed by atoms with Crippen LogP contribution in [0.5, 0.6) is 5.75 Å². The Labute approximate surface area is 156 Å². The molecule has 1 unspecified atom stereocenters. The van der Waals surface area contributed by atoms with E-state index in [2.05, 4.69) is 4.72 Å². The van der Waals surface area contributed by atoms with Crippen LogP contribution in [0.3, 0.4) is 0 Å². The lowest BCUT2D eigenvalue weighted by molar-refractivity contribution is 0.0680. The van der Waals surface area contributed by atoms with Gasteiger partial charge in [0.05, 0.1) is 16.8 Å². The maximum atomic E-state index is 12.5. The van der Waals surface area contributed by atoms with E-state index >= 15 is 0 Å². The normalized spacial score (nSPS) is 17.4. The molecule has 0 aromatic heterocycles. The van der Waals surface area contributed by atoms with Gasteiger partial charge < -0.3 is 9.47 Å². The molecule has 1 heterocycles. The van der Waals surface area contributed by atoms with Crippen molar-refractivity contribution >= 4 is 38.9 Å². The van der Waals surface area contributed by atoms with Gasteiger partial charge in [0.2, 0.25) is 0 Å². The number of benzene rings is 2. The van der Waals surface area contributed by atoms with E-state index in [4.69, 9.17) is 32.7 Å². The molecule has 0 aliphatic carbocycles. The molecule has 8 heteroatoms. The van der Waals surface area contributed by atoms with E-state index in [1.54, 1.807) is 24.3 Å². The molecule has 0 saturated carbocycles. The highest BCUT2D eigenvalue weighted by Gasteiger charge is 2.19. The molecule has 25 heavy (non-hydrogen) atoms.